The molecule has 1 saturated carbocycles. The lowest BCUT2D eigenvalue weighted by atomic mass is 9.89. The largest absolute Gasteiger partial charge is 0.341 e. The first kappa shape index (κ1) is 22.6. The number of hydrogen-bond acceptors (Lipinski definition) is 3. The van der Waals surface area contributed by atoms with Gasteiger partial charge in [-0.05, 0) is 68.8 Å². The summed E-state index contributed by atoms with van der Waals surface area (Å²) in [6.07, 6.45) is 9.74. The smallest absolute Gasteiger partial charge is 0.253 e. The lowest BCUT2D eigenvalue weighted by Crippen LogP contribution is -2.47. The molecule has 0 bridgehead atoms. The molecule has 31 heavy (non-hydrogen) atoms. The highest BCUT2D eigenvalue weighted by Gasteiger charge is 2.32. The third-order valence-electron chi connectivity index (χ3n) is 7.29. The molecule has 4 rings (SSSR count). The van der Waals surface area contributed by atoms with Crippen LogP contribution in [0.25, 0.3) is 0 Å². The van der Waals surface area contributed by atoms with Gasteiger partial charge in [0.2, 0.25) is 5.91 Å². The summed E-state index contributed by atoms with van der Waals surface area (Å²) in [5.41, 5.74) is 0.644. The van der Waals surface area contributed by atoms with Crippen molar-refractivity contribution < 1.29 is 9.59 Å². The molecular weight excluding hydrogens is 410 g/mol. The lowest BCUT2D eigenvalue weighted by molar-refractivity contribution is -0.136. The summed E-state index contributed by atoms with van der Waals surface area (Å²) < 4.78 is 0. The molecule has 5 nitrogen and oxygen atoms in total. The van der Waals surface area contributed by atoms with E-state index in [1.807, 2.05) is 4.90 Å². The first-order valence-corrected chi connectivity index (χ1v) is 12.5. The zero-order valence-electron chi connectivity index (χ0n) is 18.6. The Bertz CT molecular complexity index is 748. The van der Waals surface area contributed by atoms with E-state index in [0.29, 0.717) is 17.1 Å². The molecule has 1 unspecified atom stereocenters. The number of piperidine rings is 1. The third-order valence-corrected chi connectivity index (χ3v) is 7.54. The Hall–Kier alpha value is -1.59. The van der Waals surface area contributed by atoms with Crippen molar-refractivity contribution in [1.82, 2.24) is 14.7 Å². The number of halogens is 1. The van der Waals surface area contributed by atoms with Gasteiger partial charge in [-0.3, -0.25) is 9.59 Å². The second kappa shape index (κ2) is 10.8. The van der Waals surface area contributed by atoms with Crippen LogP contribution in [0, 0.1) is 11.8 Å². The molecule has 1 aromatic carbocycles. The van der Waals surface area contributed by atoms with Crippen LogP contribution in [0.2, 0.25) is 5.02 Å². The number of carbonyl (C=O) groups is 2. The average Bonchev–Trinajstić information content (AvgIpc) is 3.05. The van der Waals surface area contributed by atoms with Crippen LogP contribution in [0.1, 0.15) is 61.7 Å². The first-order chi connectivity index (χ1) is 15.1. The van der Waals surface area contributed by atoms with Gasteiger partial charge in [0.05, 0.1) is 5.92 Å². The van der Waals surface area contributed by atoms with Crippen molar-refractivity contribution >= 4 is 23.4 Å². The van der Waals surface area contributed by atoms with E-state index in [9.17, 15) is 9.59 Å². The van der Waals surface area contributed by atoms with Gasteiger partial charge in [0.25, 0.3) is 5.91 Å². The highest BCUT2D eigenvalue weighted by molar-refractivity contribution is 6.30. The minimum Gasteiger partial charge on any atom is -0.341 e. The maximum absolute atomic E-state index is 13.3. The molecule has 1 aromatic rings. The number of nitrogens with zero attached hydrogens (tertiary/aromatic N) is 3. The monoisotopic (exact) mass is 445 g/mol. The molecule has 2 aliphatic heterocycles. The third kappa shape index (κ3) is 6.01. The summed E-state index contributed by atoms with van der Waals surface area (Å²) in [6.45, 7) is 6.22. The van der Waals surface area contributed by atoms with Crippen LogP contribution in [0.4, 0.5) is 0 Å². The lowest BCUT2D eigenvalue weighted by Gasteiger charge is -2.35. The zero-order valence-corrected chi connectivity index (χ0v) is 19.4. The van der Waals surface area contributed by atoms with Gasteiger partial charge in [0.1, 0.15) is 0 Å². The minimum atomic E-state index is -0.0742. The maximum atomic E-state index is 13.3. The molecule has 3 aliphatic rings. The maximum Gasteiger partial charge on any atom is 0.253 e. The van der Waals surface area contributed by atoms with Crippen LogP contribution < -0.4 is 0 Å². The van der Waals surface area contributed by atoms with E-state index in [4.69, 9.17) is 11.6 Å². The molecule has 1 aliphatic carbocycles. The Morgan fingerprint density at radius 1 is 0.806 bits per heavy atom. The number of rotatable bonds is 4. The molecule has 2 amide bonds. The van der Waals surface area contributed by atoms with Crippen LogP contribution in [-0.4, -0.2) is 72.3 Å². The van der Waals surface area contributed by atoms with Gasteiger partial charge in [-0.1, -0.05) is 30.9 Å². The van der Waals surface area contributed by atoms with Gasteiger partial charge in [-0.25, -0.2) is 0 Å². The van der Waals surface area contributed by atoms with Crippen LogP contribution in [0.15, 0.2) is 24.3 Å². The molecule has 0 spiro atoms. The van der Waals surface area contributed by atoms with E-state index in [2.05, 4.69) is 9.80 Å². The van der Waals surface area contributed by atoms with E-state index in [-0.39, 0.29) is 17.7 Å². The first-order valence-electron chi connectivity index (χ1n) is 12.2. The molecule has 0 radical (unpaired) electrons. The average molecular weight is 446 g/mol. The molecule has 6 heteroatoms. The molecular formula is C25H36ClN3O2. The van der Waals surface area contributed by atoms with Crippen LogP contribution >= 0.6 is 11.6 Å². The van der Waals surface area contributed by atoms with E-state index in [1.54, 1.807) is 24.3 Å². The van der Waals surface area contributed by atoms with Crippen molar-refractivity contribution in [2.24, 2.45) is 11.8 Å². The van der Waals surface area contributed by atoms with Crippen LogP contribution in [-0.2, 0) is 4.79 Å². The van der Waals surface area contributed by atoms with Gasteiger partial charge >= 0.3 is 0 Å². The Morgan fingerprint density at radius 2 is 1.55 bits per heavy atom. The van der Waals surface area contributed by atoms with Gasteiger partial charge < -0.3 is 14.7 Å². The van der Waals surface area contributed by atoms with Gasteiger partial charge in [-0.2, -0.15) is 0 Å². The summed E-state index contributed by atoms with van der Waals surface area (Å²) in [5.74, 6) is 1.02. The van der Waals surface area contributed by atoms with Crippen molar-refractivity contribution in [1.29, 1.82) is 0 Å². The molecule has 0 N–H and O–H groups in total. The highest BCUT2D eigenvalue weighted by Crippen LogP contribution is 2.26. The van der Waals surface area contributed by atoms with Crippen molar-refractivity contribution in [3.63, 3.8) is 0 Å². The molecule has 0 aromatic heterocycles. The van der Waals surface area contributed by atoms with Crippen molar-refractivity contribution in [3.8, 4) is 0 Å². The quantitative estimate of drug-likeness (QED) is 0.693. The summed E-state index contributed by atoms with van der Waals surface area (Å²) in [5, 5.41) is 0.627. The topological polar surface area (TPSA) is 43.9 Å². The second-order valence-electron chi connectivity index (χ2n) is 9.58. The van der Waals surface area contributed by atoms with Gasteiger partial charge in [0.15, 0.2) is 0 Å². The summed E-state index contributed by atoms with van der Waals surface area (Å²) in [4.78, 5) is 32.7. The van der Waals surface area contributed by atoms with Crippen molar-refractivity contribution in [2.45, 2.75) is 51.4 Å². The Balaban J connectivity index is 1.30. The number of likely N-dealkylation sites (tertiary alicyclic amines) is 1. The van der Waals surface area contributed by atoms with E-state index in [0.717, 1.165) is 57.9 Å². The second-order valence-corrected chi connectivity index (χ2v) is 10.0. The number of carbonyl (C=O) groups excluding carboxylic acids is 2. The van der Waals surface area contributed by atoms with E-state index >= 15 is 0 Å². The Labute approximate surface area is 191 Å². The number of benzene rings is 1. The minimum absolute atomic E-state index is 0.00342. The fraction of sp³-hybridized carbons (Fsp3) is 0.680. The molecule has 170 valence electrons. The fourth-order valence-electron chi connectivity index (χ4n) is 5.51. The normalized spacial score (nSPS) is 24.1. The van der Waals surface area contributed by atoms with E-state index < -0.39 is 0 Å². The van der Waals surface area contributed by atoms with Crippen molar-refractivity contribution in [3.05, 3.63) is 34.9 Å². The van der Waals surface area contributed by atoms with Crippen LogP contribution in [0.5, 0.6) is 0 Å². The summed E-state index contributed by atoms with van der Waals surface area (Å²) in [7, 11) is 0. The predicted molar refractivity (Wildman–Crippen MR) is 124 cm³/mol. The van der Waals surface area contributed by atoms with E-state index in [1.165, 1.54) is 38.6 Å². The Kier molecular flexibility index (Phi) is 7.89. The molecule has 3 fully saturated rings. The Morgan fingerprint density at radius 3 is 2.32 bits per heavy atom. The van der Waals surface area contributed by atoms with Gasteiger partial charge in [-0.15, -0.1) is 0 Å². The molecule has 1 atom stereocenters. The molecule has 2 heterocycles. The predicted octanol–water partition coefficient (Wildman–Crippen LogP) is 4.31. The standard InChI is InChI=1S/C25H36ClN3O2/c26-23-11-9-21(10-12-23)24(30)29-14-4-8-22(19-29)25(31)28-15-5-13-27(16-17-28)18-20-6-2-1-3-7-20/h9-12,20,22H,1-8,13-19H2. The summed E-state index contributed by atoms with van der Waals surface area (Å²) >= 11 is 5.95. The molecule has 2 saturated heterocycles. The zero-order chi connectivity index (χ0) is 21.6. The fourth-order valence-corrected chi connectivity index (χ4v) is 5.63. The highest BCUT2D eigenvalue weighted by atomic mass is 35.5. The number of amides is 2. The SMILES string of the molecule is O=C(c1ccc(Cl)cc1)N1CCCC(C(=O)N2CCCN(CC3CCCCC3)CC2)C1. The van der Waals surface area contributed by atoms with Gasteiger partial charge in [0, 0.05) is 49.9 Å². The van der Waals surface area contributed by atoms with Crippen LogP contribution in [0.3, 0.4) is 0 Å². The number of hydrogen-bond donors (Lipinski definition) is 0. The summed E-state index contributed by atoms with van der Waals surface area (Å²) in [6, 6.07) is 7.03. The van der Waals surface area contributed by atoms with Crippen molar-refractivity contribution in [2.75, 3.05) is 45.8 Å².